The molecular weight excluding hydrogens is 371 g/mol. The predicted molar refractivity (Wildman–Crippen MR) is 87.4 cm³/mol. The van der Waals surface area contributed by atoms with E-state index in [0.717, 1.165) is 25.6 Å². The standard InChI is InChI=1S/C15H10ClIN2/c1-9-5-7-10(8-6-9)14-11-3-2-4-12(17)13(11)15(16)19-18-14/h2-8H,1H3. The lowest BCUT2D eigenvalue weighted by Gasteiger charge is -2.08. The molecule has 0 saturated heterocycles. The average molecular weight is 381 g/mol. The molecular formula is C15H10ClIN2. The summed E-state index contributed by atoms with van der Waals surface area (Å²) in [5, 5.41) is 10.8. The van der Waals surface area contributed by atoms with Crippen LogP contribution in [0, 0.1) is 10.5 Å². The zero-order chi connectivity index (χ0) is 13.4. The van der Waals surface area contributed by atoms with Crippen molar-refractivity contribution in [2.24, 2.45) is 0 Å². The van der Waals surface area contributed by atoms with Gasteiger partial charge in [-0.15, -0.1) is 10.2 Å². The molecule has 0 spiro atoms. The molecule has 4 heteroatoms. The van der Waals surface area contributed by atoms with Gasteiger partial charge in [0, 0.05) is 19.9 Å². The van der Waals surface area contributed by atoms with Crippen molar-refractivity contribution in [3.63, 3.8) is 0 Å². The third kappa shape index (κ3) is 2.32. The molecule has 0 N–H and O–H groups in total. The third-order valence-corrected chi connectivity index (χ3v) is 4.20. The van der Waals surface area contributed by atoms with Crippen molar-refractivity contribution >= 4 is 45.0 Å². The molecule has 0 aliphatic rings. The van der Waals surface area contributed by atoms with Gasteiger partial charge in [-0.1, -0.05) is 53.6 Å². The highest BCUT2D eigenvalue weighted by atomic mass is 127. The smallest absolute Gasteiger partial charge is 0.148 e. The highest BCUT2D eigenvalue weighted by molar-refractivity contribution is 14.1. The van der Waals surface area contributed by atoms with Crippen molar-refractivity contribution in [1.82, 2.24) is 10.2 Å². The van der Waals surface area contributed by atoms with Crippen molar-refractivity contribution in [3.05, 3.63) is 56.8 Å². The number of benzene rings is 2. The second-order valence-corrected chi connectivity index (χ2v) is 5.89. The van der Waals surface area contributed by atoms with Crippen molar-refractivity contribution < 1.29 is 0 Å². The normalized spacial score (nSPS) is 10.9. The Kier molecular flexibility index (Phi) is 3.41. The molecule has 0 unspecified atom stereocenters. The van der Waals surface area contributed by atoms with E-state index in [2.05, 4.69) is 64.0 Å². The molecule has 2 nitrogen and oxygen atoms in total. The van der Waals surface area contributed by atoms with Gasteiger partial charge in [-0.2, -0.15) is 0 Å². The highest BCUT2D eigenvalue weighted by Crippen LogP contribution is 2.32. The van der Waals surface area contributed by atoms with Crippen molar-refractivity contribution in [2.45, 2.75) is 6.92 Å². The van der Waals surface area contributed by atoms with Gasteiger partial charge in [-0.05, 0) is 35.6 Å². The third-order valence-electron chi connectivity index (χ3n) is 3.04. The van der Waals surface area contributed by atoms with E-state index in [4.69, 9.17) is 11.6 Å². The highest BCUT2D eigenvalue weighted by Gasteiger charge is 2.11. The largest absolute Gasteiger partial charge is 0.160 e. The molecule has 3 aromatic rings. The molecule has 3 rings (SSSR count). The Labute approximate surface area is 130 Å². The van der Waals surface area contributed by atoms with Crippen molar-refractivity contribution in [1.29, 1.82) is 0 Å². The van der Waals surface area contributed by atoms with Crippen LogP contribution < -0.4 is 0 Å². The number of hydrogen-bond donors (Lipinski definition) is 0. The molecule has 94 valence electrons. The second kappa shape index (κ2) is 5.06. The summed E-state index contributed by atoms with van der Waals surface area (Å²) in [5.41, 5.74) is 3.16. The summed E-state index contributed by atoms with van der Waals surface area (Å²) in [5.74, 6) is 0. The van der Waals surface area contributed by atoms with Crippen LogP contribution in [0.15, 0.2) is 42.5 Å². The maximum atomic E-state index is 6.17. The molecule has 1 aromatic heterocycles. The quantitative estimate of drug-likeness (QED) is 0.563. The van der Waals surface area contributed by atoms with Gasteiger partial charge < -0.3 is 0 Å². The van der Waals surface area contributed by atoms with Gasteiger partial charge in [0.1, 0.15) is 5.69 Å². The van der Waals surface area contributed by atoms with Crippen LogP contribution in [-0.2, 0) is 0 Å². The first kappa shape index (κ1) is 12.8. The Hall–Kier alpha value is -1.20. The zero-order valence-corrected chi connectivity index (χ0v) is 13.1. The summed E-state index contributed by atoms with van der Waals surface area (Å²) in [6, 6.07) is 14.3. The number of fused-ring (bicyclic) bond motifs is 1. The Morgan fingerprint density at radius 2 is 1.74 bits per heavy atom. The van der Waals surface area contributed by atoms with E-state index < -0.39 is 0 Å². The average Bonchev–Trinajstić information content (AvgIpc) is 2.41. The van der Waals surface area contributed by atoms with Crippen LogP contribution in [0.25, 0.3) is 22.0 Å². The van der Waals surface area contributed by atoms with Gasteiger partial charge in [0.05, 0.1) is 0 Å². The Morgan fingerprint density at radius 1 is 1.00 bits per heavy atom. The molecule has 0 bridgehead atoms. The lowest BCUT2D eigenvalue weighted by atomic mass is 10.0. The minimum Gasteiger partial charge on any atom is -0.148 e. The van der Waals surface area contributed by atoms with Crippen LogP contribution in [0.1, 0.15) is 5.56 Å². The fourth-order valence-electron chi connectivity index (χ4n) is 2.05. The fraction of sp³-hybridized carbons (Fsp3) is 0.0667. The van der Waals surface area contributed by atoms with E-state index in [-0.39, 0.29) is 0 Å². The van der Waals surface area contributed by atoms with Crippen LogP contribution in [-0.4, -0.2) is 10.2 Å². The van der Waals surface area contributed by atoms with Crippen molar-refractivity contribution in [2.75, 3.05) is 0 Å². The minimum atomic E-state index is 0.455. The number of hydrogen-bond acceptors (Lipinski definition) is 2. The maximum absolute atomic E-state index is 6.17. The number of aryl methyl sites for hydroxylation is 1. The maximum Gasteiger partial charge on any atom is 0.160 e. The Bertz CT molecular complexity index is 746. The molecule has 2 aromatic carbocycles. The van der Waals surface area contributed by atoms with Crippen LogP contribution in [0.2, 0.25) is 5.15 Å². The first-order valence-corrected chi connectivity index (χ1v) is 7.30. The summed E-state index contributed by atoms with van der Waals surface area (Å²) in [6.07, 6.45) is 0. The molecule has 0 amide bonds. The summed E-state index contributed by atoms with van der Waals surface area (Å²) in [4.78, 5) is 0. The molecule has 0 fully saturated rings. The topological polar surface area (TPSA) is 25.8 Å². The second-order valence-electron chi connectivity index (χ2n) is 4.37. The van der Waals surface area contributed by atoms with Gasteiger partial charge in [0.15, 0.2) is 5.15 Å². The lowest BCUT2D eigenvalue weighted by Crippen LogP contribution is -1.93. The van der Waals surface area contributed by atoms with Crippen LogP contribution in [0.5, 0.6) is 0 Å². The molecule has 0 atom stereocenters. The number of aromatic nitrogens is 2. The van der Waals surface area contributed by atoms with Gasteiger partial charge in [0.2, 0.25) is 0 Å². The number of nitrogens with zero attached hydrogens (tertiary/aromatic N) is 2. The number of rotatable bonds is 1. The van der Waals surface area contributed by atoms with Gasteiger partial charge in [0.25, 0.3) is 0 Å². The first-order chi connectivity index (χ1) is 9.16. The predicted octanol–water partition coefficient (Wildman–Crippen LogP) is 4.86. The summed E-state index contributed by atoms with van der Waals surface area (Å²) in [6.45, 7) is 2.07. The van der Waals surface area contributed by atoms with Gasteiger partial charge in [-0.3, -0.25) is 0 Å². The zero-order valence-electron chi connectivity index (χ0n) is 10.2. The molecule has 1 heterocycles. The molecule has 0 aliphatic carbocycles. The van der Waals surface area contributed by atoms with Crippen molar-refractivity contribution in [3.8, 4) is 11.3 Å². The SMILES string of the molecule is Cc1ccc(-c2nnc(Cl)c3c(I)cccc23)cc1. The minimum absolute atomic E-state index is 0.455. The van der Waals surface area contributed by atoms with Crippen LogP contribution in [0.4, 0.5) is 0 Å². The van der Waals surface area contributed by atoms with Crippen LogP contribution >= 0.6 is 34.2 Å². The summed E-state index contributed by atoms with van der Waals surface area (Å²) < 4.78 is 1.09. The van der Waals surface area contributed by atoms with E-state index in [1.807, 2.05) is 18.2 Å². The Balaban J connectivity index is 2.34. The monoisotopic (exact) mass is 380 g/mol. The van der Waals surface area contributed by atoms with Gasteiger partial charge >= 0.3 is 0 Å². The molecule has 0 radical (unpaired) electrons. The lowest BCUT2D eigenvalue weighted by molar-refractivity contribution is 1.06. The fourth-order valence-corrected chi connectivity index (χ4v) is 3.21. The summed E-state index contributed by atoms with van der Waals surface area (Å²) in [7, 11) is 0. The van der Waals surface area contributed by atoms with E-state index in [0.29, 0.717) is 5.15 Å². The summed E-state index contributed by atoms with van der Waals surface area (Å²) >= 11 is 8.44. The van der Waals surface area contributed by atoms with E-state index in [9.17, 15) is 0 Å². The first-order valence-electron chi connectivity index (χ1n) is 5.84. The number of halogens is 2. The van der Waals surface area contributed by atoms with E-state index in [1.165, 1.54) is 5.56 Å². The van der Waals surface area contributed by atoms with Crippen LogP contribution in [0.3, 0.4) is 0 Å². The van der Waals surface area contributed by atoms with Gasteiger partial charge in [-0.25, -0.2) is 0 Å². The van der Waals surface area contributed by atoms with E-state index in [1.54, 1.807) is 0 Å². The molecule has 0 saturated carbocycles. The molecule has 0 aliphatic heterocycles. The molecule has 19 heavy (non-hydrogen) atoms. The van der Waals surface area contributed by atoms with E-state index >= 15 is 0 Å². The Morgan fingerprint density at radius 3 is 2.47 bits per heavy atom.